The van der Waals surface area contributed by atoms with E-state index in [-0.39, 0.29) is 6.42 Å². The zero-order chi connectivity index (χ0) is 23.3. The van der Waals surface area contributed by atoms with Gasteiger partial charge in [-0.25, -0.2) is 0 Å². The molecule has 1 aliphatic rings. The van der Waals surface area contributed by atoms with E-state index in [1.165, 1.54) is 26.8 Å². The lowest BCUT2D eigenvalue weighted by molar-refractivity contribution is -0.309. The van der Waals surface area contributed by atoms with Crippen LogP contribution < -0.4 is 0 Å². The van der Waals surface area contributed by atoms with Gasteiger partial charge in [-0.3, -0.25) is 0 Å². The first-order chi connectivity index (χ1) is 13.7. The van der Waals surface area contributed by atoms with Crippen LogP contribution in [0.3, 0.4) is 0 Å². The molecule has 0 aromatic rings. The summed E-state index contributed by atoms with van der Waals surface area (Å²) < 4.78 is 11.2. The minimum atomic E-state index is -1.58. The predicted molar refractivity (Wildman–Crippen MR) is 109 cm³/mol. The van der Waals surface area contributed by atoms with Crippen LogP contribution in [-0.2, 0) is 9.47 Å². The van der Waals surface area contributed by atoms with Crippen LogP contribution in [0.25, 0.3) is 0 Å². The summed E-state index contributed by atoms with van der Waals surface area (Å²) >= 11 is 0. The lowest BCUT2D eigenvalue weighted by Gasteiger charge is -2.41. The summed E-state index contributed by atoms with van der Waals surface area (Å²) in [5.74, 6) is 0. The smallest absolute Gasteiger partial charge is 0.187 e. The molecule has 1 heterocycles. The minimum absolute atomic E-state index is 0.0525. The van der Waals surface area contributed by atoms with E-state index < -0.39 is 60.7 Å². The molecule has 1 rings (SSSR count). The Hall–Kier alpha value is -0.880. The Labute approximate surface area is 177 Å². The number of hydrogen-bond donors (Lipinski definition) is 7. The van der Waals surface area contributed by atoms with E-state index >= 15 is 0 Å². The molecule has 0 aliphatic carbocycles. The maximum Gasteiger partial charge on any atom is 0.187 e. The van der Waals surface area contributed by atoms with E-state index in [0.29, 0.717) is 12.8 Å². The molecular formula is C21H38O9. The highest BCUT2D eigenvalue weighted by atomic mass is 16.7. The van der Waals surface area contributed by atoms with Gasteiger partial charge < -0.3 is 45.2 Å². The molecule has 9 heteroatoms. The Morgan fingerprint density at radius 2 is 1.73 bits per heavy atom. The summed E-state index contributed by atoms with van der Waals surface area (Å²) in [4.78, 5) is 0. The van der Waals surface area contributed by atoms with Crippen LogP contribution in [0.1, 0.15) is 47.0 Å². The van der Waals surface area contributed by atoms with Crippen molar-refractivity contribution in [2.75, 3.05) is 6.61 Å². The number of hydrogen-bond acceptors (Lipinski definition) is 9. The van der Waals surface area contributed by atoms with Crippen LogP contribution in [0.15, 0.2) is 24.3 Å². The van der Waals surface area contributed by atoms with E-state index in [2.05, 4.69) is 6.58 Å². The third-order valence-electron chi connectivity index (χ3n) is 5.31. The van der Waals surface area contributed by atoms with E-state index in [9.17, 15) is 35.7 Å². The van der Waals surface area contributed by atoms with E-state index in [0.717, 1.165) is 5.57 Å². The molecule has 0 amide bonds. The van der Waals surface area contributed by atoms with Crippen molar-refractivity contribution in [1.29, 1.82) is 0 Å². The van der Waals surface area contributed by atoms with Crippen molar-refractivity contribution in [2.24, 2.45) is 0 Å². The summed E-state index contributed by atoms with van der Waals surface area (Å²) in [7, 11) is 0. The fourth-order valence-electron chi connectivity index (χ4n) is 3.11. The van der Waals surface area contributed by atoms with Gasteiger partial charge in [-0.15, -0.1) is 6.58 Å². The molecule has 1 aliphatic heterocycles. The average Bonchev–Trinajstić information content (AvgIpc) is 2.65. The zero-order valence-electron chi connectivity index (χ0n) is 18.2. The SMILES string of the molecule is C=C[C@@](C)(O)C[C@@H](/C=C(\C)CC[C@@H](O)C(C)(C)O)O[C@@H]1O[C@H](CO)[C@@H](O)[C@H](O)[C@H]1O. The van der Waals surface area contributed by atoms with Gasteiger partial charge in [0.1, 0.15) is 24.4 Å². The topological polar surface area (TPSA) is 160 Å². The first kappa shape index (κ1) is 27.2. The van der Waals surface area contributed by atoms with Gasteiger partial charge in [0.05, 0.1) is 30.0 Å². The quantitative estimate of drug-likeness (QED) is 0.210. The van der Waals surface area contributed by atoms with Crippen molar-refractivity contribution in [3.8, 4) is 0 Å². The van der Waals surface area contributed by atoms with E-state index in [1.54, 1.807) is 13.0 Å². The molecule has 7 N–H and O–H groups in total. The van der Waals surface area contributed by atoms with Crippen molar-refractivity contribution in [3.05, 3.63) is 24.3 Å². The summed E-state index contributed by atoms with van der Waals surface area (Å²) in [5, 5.41) is 69.7. The van der Waals surface area contributed by atoms with Crippen LogP contribution in [0.5, 0.6) is 0 Å². The molecule has 9 nitrogen and oxygen atoms in total. The predicted octanol–water partition coefficient (Wildman–Crippen LogP) is -0.643. The Bertz CT molecular complexity index is 567. The fraction of sp³-hybridized carbons (Fsp3) is 0.810. The highest BCUT2D eigenvalue weighted by molar-refractivity contribution is 5.07. The monoisotopic (exact) mass is 434 g/mol. The van der Waals surface area contributed by atoms with Crippen LogP contribution >= 0.6 is 0 Å². The highest BCUT2D eigenvalue weighted by Gasteiger charge is 2.45. The molecule has 0 spiro atoms. The molecule has 176 valence electrons. The summed E-state index contributed by atoms with van der Waals surface area (Å²) in [6.45, 7) is 9.37. The molecular weight excluding hydrogens is 396 g/mol. The largest absolute Gasteiger partial charge is 0.394 e. The van der Waals surface area contributed by atoms with Crippen LogP contribution in [0, 0.1) is 0 Å². The summed E-state index contributed by atoms with van der Waals surface area (Å²) in [6.07, 6.45) is -4.98. The standard InChI is InChI=1S/C21H38O9/c1-6-21(5,28)10-13(9-12(2)7-8-15(23)20(3,4)27)29-19-18(26)17(25)16(24)14(11-22)30-19/h6,9,13-19,22-28H,1,7-8,10-11H2,2-5H3/b12-9+/t13-,14-,15-,16-,17+,18-,19-,21-/m1/s1. The van der Waals surface area contributed by atoms with Crippen LogP contribution in [0.2, 0.25) is 0 Å². The Morgan fingerprint density at radius 3 is 2.23 bits per heavy atom. The molecule has 0 aromatic heterocycles. The van der Waals surface area contributed by atoms with E-state index in [4.69, 9.17) is 9.47 Å². The lowest BCUT2D eigenvalue weighted by Crippen LogP contribution is -2.59. The molecule has 1 saturated heterocycles. The van der Waals surface area contributed by atoms with Crippen molar-refractivity contribution in [1.82, 2.24) is 0 Å². The van der Waals surface area contributed by atoms with Gasteiger partial charge in [0.2, 0.25) is 0 Å². The molecule has 8 atom stereocenters. The van der Waals surface area contributed by atoms with E-state index in [1.807, 2.05) is 0 Å². The molecule has 0 unspecified atom stereocenters. The zero-order valence-corrected chi connectivity index (χ0v) is 18.2. The van der Waals surface area contributed by atoms with Gasteiger partial charge in [0, 0.05) is 6.42 Å². The second kappa shape index (κ2) is 11.1. The van der Waals surface area contributed by atoms with Gasteiger partial charge in [-0.1, -0.05) is 17.7 Å². The Balaban J connectivity index is 2.96. The molecule has 0 aromatic carbocycles. The first-order valence-corrected chi connectivity index (χ1v) is 10.1. The second-order valence-electron chi connectivity index (χ2n) is 8.86. The normalized spacial score (nSPS) is 32.4. The molecule has 30 heavy (non-hydrogen) atoms. The first-order valence-electron chi connectivity index (χ1n) is 10.1. The van der Waals surface area contributed by atoms with Gasteiger partial charge in [0.25, 0.3) is 0 Å². The average molecular weight is 435 g/mol. The van der Waals surface area contributed by atoms with Crippen molar-refractivity contribution < 1.29 is 45.2 Å². The maximum atomic E-state index is 10.4. The maximum absolute atomic E-state index is 10.4. The number of aliphatic hydroxyl groups is 7. The molecule has 0 bridgehead atoms. The fourth-order valence-corrected chi connectivity index (χ4v) is 3.11. The number of aliphatic hydroxyl groups excluding tert-OH is 5. The highest BCUT2D eigenvalue weighted by Crippen LogP contribution is 2.27. The van der Waals surface area contributed by atoms with Crippen molar-refractivity contribution >= 4 is 0 Å². The lowest BCUT2D eigenvalue weighted by atomic mass is 9.93. The summed E-state index contributed by atoms with van der Waals surface area (Å²) in [6, 6.07) is 0. The minimum Gasteiger partial charge on any atom is -0.394 e. The number of ether oxygens (including phenoxy) is 2. The second-order valence-corrected chi connectivity index (χ2v) is 8.86. The van der Waals surface area contributed by atoms with Gasteiger partial charge in [0.15, 0.2) is 6.29 Å². The van der Waals surface area contributed by atoms with Crippen LogP contribution in [0.4, 0.5) is 0 Å². The Morgan fingerprint density at radius 1 is 1.13 bits per heavy atom. The molecule has 1 fully saturated rings. The molecule has 0 radical (unpaired) electrons. The van der Waals surface area contributed by atoms with Gasteiger partial charge in [-0.05, 0) is 40.5 Å². The van der Waals surface area contributed by atoms with Crippen LogP contribution in [-0.4, -0.2) is 96.5 Å². The van der Waals surface area contributed by atoms with Gasteiger partial charge in [-0.2, -0.15) is 0 Å². The number of rotatable bonds is 11. The molecule has 0 saturated carbocycles. The third kappa shape index (κ3) is 7.99. The number of allylic oxidation sites excluding steroid dienone is 1. The van der Waals surface area contributed by atoms with Crippen molar-refractivity contribution in [2.45, 2.75) is 101 Å². The third-order valence-corrected chi connectivity index (χ3v) is 5.31. The van der Waals surface area contributed by atoms with Gasteiger partial charge >= 0.3 is 0 Å². The Kier molecular flexibility index (Phi) is 10.1. The summed E-state index contributed by atoms with van der Waals surface area (Å²) in [5.41, 5.74) is -1.74. The van der Waals surface area contributed by atoms with Crippen molar-refractivity contribution in [3.63, 3.8) is 0 Å².